The molecular formula is C29H30N4O3. The second kappa shape index (κ2) is 10.7. The second-order valence-corrected chi connectivity index (χ2v) is 9.23. The SMILES string of the molecule is Cc1ccc(OCCCC(=O)Nc2ccc(-c3noc(-c4ccc5c(c4)CCCC5N)n3)cc2)cc1. The highest BCUT2D eigenvalue weighted by Gasteiger charge is 2.19. The highest BCUT2D eigenvalue weighted by molar-refractivity contribution is 5.90. The minimum atomic E-state index is -0.0516. The van der Waals surface area contributed by atoms with Gasteiger partial charge in [-0.15, -0.1) is 0 Å². The molecule has 0 bridgehead atoms. The van der Waals surface area contributed by atoms with E-state index in [2.05, 4.69) is 27.6 Å². The molecule has 7 heteroatoms. The molecule has 1 aromatic heterocycles. The second-order valence-electron chi connectivity index (χ2n) is 9.23. The summed E-state index contributed by atoms with van der Waals surface area (Å²) in [4.78, 5) is 16.9. The third-order valence-corrected chi connectivity index (χ3v) is 6.44. The molecule has 0 radical (unpaired) electrons. The van der Waals surface area contributed by atoms with E-state index in [0.29, 0.717) is 31.2 Å². The van der Waals surface area contributed by atoms with Crippen LogP contribution in [0.3, 0.4) is 0 Å². The molecule has 0 saturated heterocycles. The molecule has 0 spiro atoms. The molecule has 1 aliphatic carbocycles. The van der Waals surface area contributed by atoms with Crippen molar-refractivity contribution in [1.82, 2.24) is 10.1 Å². The molecular weight excluding hydrogens is 452 g/mol. The molecule has 5 rings (SSSR count). The van der Waals surface area contributed by atoms with Crippen molar-refractivity contribution in [1.29, 1.82) is 0 Å². The first-order valence-electron chi connectivity index (χ1n) is 12.4. The summed E-state index contributed by atoms with van der Waals surface area (Å²) in [5, 5.41) is 7.07. The van der Waals surface area contributed by atoms with Gasteiger partial charge in [0.15, 0.2) is 0 Å². The largest absolute Gasteiger partial charge is 0.494 e. The summed E-state index contributed by atoms with van der Waals surface area (Å²) in [5.41, 5.74) is 12.3. The van der Waals surface area contributed by atoms with Gasteiger partial charge in [-0.05, 0) is 92.3 Å². The third kappa shape index (κ3) is 5.63. The number of aryl methyl sites for hydroxylation is 2. The fraction of sp³-hybridized carbons (Fsp3) is 0.276. The molecule has 0 saturated carbocycles. The normalized spacial score (nSPS) is 14.8. The maximum Gasteiger partial charge on any atom is 0.258 e. The van der Waals surface area contributed by atoms with Gasteiger partial charge in [-0.2, -0.15) is 4.98 Å². The number of carbonyl (C=O) groups is 1. The van der Waals surface area contributed by atoms with Crippen molar-refractivity contribution in [2.45, 2.75) is 45.1 Å². The fourth-order valence-electron chi connectivity index (χ4n) is 4.43. The number of amides is 1. The van der Waals surface area contributed by atoms with Gasteiger partial charge in [0.25, 0.3) is 5.89 Å². The van der Waals surface area contributed by atoms with Crippen LogP contribution in [0.4, 0.5) is 5.69 Å². The summed E-state index contributed by atoms with van der Waals surface area (Å²) in [5.74, 6) is 1.75. The highest BCUT2D eigenvalue weighted by Crippen LogP contribution is 2.32. The molecule has 0 fully saturated rings. The average molecular weight is 483 g/mol. The van der Waals surface area contributed by atoms with E-state index < -0.39 is 0 Å². The Morgan fingerprint density at radius 1 is 1.08 bits per heavy atom. The fourth-order valence-corrected chi connectivity index (χ4v) is 4.43. The zero-order valence-corrected chi connectivity index (χ0v) is 20.4. The van der Waals surface area contributed by atoms with E-state index in [1.54, 1.807) is 0 Å². The molecule has 3 N–H and O–H groups in total. The van der Waals surface area contributed by atoms with Gasteiger partial charge in [-0.1, -0.05) is 28.9 Å². The summed E-state index contributed by atoms with van der Waals surface area (Å²) < 4.78 is 11.2. The van der Waals surface area contributed by atoms with Gasteiger partial charge in [0.05, 0.1) is 6.61 Å². The predicted octanol–water partition coefficient (Wildman–Crippen LogP) is 5.85. The minimum Gasteiger partial charge on any atom is -0.494 e. The number of nitrogens with one attached hydrogen (secondary N) is 1. The van der Waals surface area contributed by atoms with Gasteiger partial charge in [-0.25, -0.2) is 0 Å². The van der Waals surface area contributed by atoms with Gasteiger partial charge < -0.3 is 20.3 Å². The molecule has 1 heterocycles. The van der Waals surface area contributed by atoms with Crippen LogP contribution >= 0.6 is 0 Å². The molecule has 0 aliphatic heterocycles. The van der Waals surface area contributed by atoms with E-state index >= 15 is 0 Å². The summed E-state index contributed by atoms with van der Waals surface area (Å²) in [6.07, 6.45) is 4.16. The number of nitrogens with two attached hydrogens (primary N) is 1. The third-order valence-electron chi connectivity index (χ3n) is 6.44. The van der Waals surface area contributed by atoms with Crippen LogP contribution in [-0.4, -0.2) is 22.7 Å². The van der Waals surface area contributed by atoms with Crippen LogP contribution in [0.5, 0.6) is 5.75 Å². The number of hydrogen-bond donors (Lipinski definition) is 2. The maximum atomic E-state index is 12.3. The van der Waals surface area contributed by atoms with Crippen molar-refractivity contribution >= 4 is 11.6 Å². The van der Waals surface area contributed by atoms with E-state index in [-0.39, 0.29) is 11.9 Å². The highest BCUT2D eigenvalue weighted by atomic mass is 16.5. The Labute approximate surface area is 210 Å². The van der Waals surface area contributed by atoms with Crippen LogP contribution in [0.15, 0.2) is 71.3 Å². The molecule has 1 aliphatic rings. The molecule has 1 atom stereocenters. The Morgan fingerprint density at radius 2 is 1.86 bits per heavy atom. The Balaban J connectivity index is 1.14. The molecule has 1 unspecified atom stereocenters. The monoisotopic (exact) mass is 482 g/mol. The first-order valence-corrected chi connectivity index (χ1v) is 12.4. The molecule has 36 heavy (non-hydrogen) atoms. The number of fused-ring (bicyclic) bond motifs is 1. The molecule has 1 amide bonds. The van der Waals surface area contributed by atoms with Crippen LogP contribution in [-0.2, 0) is 11.2 Å². The number of nitrogens with zero attached hydrogens (tertiary/aromatic N) is 2. The number of aromatic nitrogens is 2. The van der Waals surface area contributed by atoms with Gasteiger partial charge in [-0.3, -0.25) is 4.79 Å². The van der Waals surface area contributed by atoms with E-state index in [0.717, 1.165) is 41.8 Å². The Morgan fingerprint density at radius 3 is 2.67 bits per heavy atom. The van der Waals surface area contributed by atoms with Crippen LogP contribution < -0.4 is 15.8 Å². The lowest BCUT2D eigenvalue weighted by atomic mass is 9.87. The van der Waals surface area contributed by atoms with Crippen LogP contribution in [0.1, 0.15) is 48.4 Å². The van der Waals surface area contributed by atoms with Gasteiger partial charge in [0.2, 0.25) is 11.7 Å². The minimum absolute atomic E-state index is 0.0516. The zero-order valence-electron chi connectivity index (χ0n) is 20.4. The van der Waals surface area contributed by atoms with E-state index in [1.807, 2.05) is 61.5 Å². The van der Waals surface area contributed by atoms with Crippen LogP contribution in [0.2, 0.25) is 0 Å². The molecule has 7 nitrogen and oxygen atoms in total. The number of anilines is 1. The number of carbonyl (C=O) groups excluding carboxylic acids is 1. The summed E-state index contributed by atoms with van der Waals surface area (Å²) in [6, 6.07) is 21.6. The average Bonchev–Trinajstić information content (AvgIpc) is 3.39. The lowest BCUT2D eigenvalue weighted by Gasteiger charge is -2.22. The van der Waals surface area contributed by atoms with E-state index in [4.69, 9.17) is 15.0 Å². The quantitative estimate of drug-likeness (QED) is 0.306. The maximum absolute atomic E-state index is 12.3. The number of ether oxygens (including phenoxy) is 1. The molecule has 3 aromatic carbocycles. The Bertz CT molecular complexity index is 1330. The van der Waals surface area contributed by atoms with Gasteiger partial charge in [0.1, 0.15) is 5.75 Å². The van der Waals surface area contributed by atoms with Crippen molar-refractivity contribution in [3.05, 3.63) is 83.4 Å². The molecule has 4 aromatic rings. The lowest BCUT2D eigenvalue weighted by molar-refractivity contribution is -0.116. The number of hydrogen-bond acceptors (Lipinski definition) is 6. The Kier molecular flexibility index (Phi) is 7.09. The number of rotatable bonds is 8. The van der Waals surface area contributed by atoms with Crippen molar-refractivity contribution in [2.24, 2.45) is 5.73 Å². The van der Waals surface area contributed by atoms with Crippen molar-refractivity contribution in [2.75, 3.05) is 11.9 Å². The Hall–Kier alpha value is -3.97. The standard InChI is InChI=1S/C29H30N4O3/c1-19-7-14-24(15-8-19)35-17-3-6-27(34)31-23-12-9-20(10-13-23)28-32-29(36-33-28)22-11-16-25-21(18-22)4-2-5-26(25)30/h7-16,18,26H,2-6,17,30H2,1H3,(H,31,34). The summed E-state index contributed by atoms with van der Waals surface area (Å²) in [7, 11) is 0. The zero-order chi connectivity index (χ0) is 24.9. The van der Waals surface area contributed by atoms with Crippen LogP contribution in [0, 0.1) is 6.92 Å². The van der Waals surface area contributed by atoms with Crippen molar-refractivity contribution < 1.29 is 14.1 Å². The van der Waals surface area contributed by atoms with Crippen LogP contribution in [0.25, 0.3) is 22.8 Å². The summed E-state index contributed by atoms with van der Waals surface area (Å²) >= 11 is 0. The topological polar surface area (TPSA) is 103 Å². The number of benzene rings is 3. The van der Waals surface area contributed by atoms with Gasteiger partial charge in [0, 0.05) is 29.3 Å². The summed E-state index contributed by atoms with van der Waals surface area (Å²) in [6.45, 7) is 2.53. The first-order chi connectivity index (χ1) is 17.5. The lowest BCUT2D eigenvalue weighted by Crippen LogP contribution is -2.17. The van der Waals surface area contributed by atoms with Crippen molar-refractivity contribution in [3.63, 3.8) is 0 Å². The molecule has 184 valence electrons. The first kappa shape index (κ1) is 23.8. The van der Waals surface area contributed by atoms with E-state index in [1.165, 1.54) is 16.7 Å². The smallest absolute Gasteiger partial charge is 0.258 e. The predicted molar refractivity (Wildman–Crippen MR) is 140 cm³/mol. The van der Waals surface area contributed by atoms with E-state index in [9.17, 15) is 4.79 Å². The van der Waals surface area contributed by atoms with Gasteiger partial charge >= 0.3 is 0 Å². The van der Waals surface area contributed by atoms with Crippen molar-refractivity contribution in [3.8, 4) is 28.6 Å².